The van der Waals surface area contributed by atoms with Crippen molar-refractivity contribution in [2.75, 3.05) is 26.4 Å². The van der Waals surface area contributed by atoms with E-state index in [-0.39, 0.29) is 0 Å². The fourth-order valence-electron chi connectivity index (χ4n) is 3.23. The maximum atomic E-state index is 5.82. The predicted octanol–water partition coefficient (Wildman–Crippen LogP) is 6.86. The van der Waals surface area contributed by atoms with Crippen LogP contribution in [0.3, 0.4) is 0 Å². The van der Waals surface area contributed by atoms with Crippen molar-refractivity contribution in [1.29, 1.82) is 0 Å². The van der Waals surface area contributed by atoms with E-state index in [1.165, 1.54) is 32.1 Å². The number of unbranched alkanes of at least 4 members (excludes halogenated alkanes) is 7. The molecule has 0 radical (unpaired) electrons. The Hall–Kier alpha value is -2.14. The fraction of sp³-hybridized carbons (Fsp3) is 0.615. The van der Waals surface area contributed by atoms with Crippen LogP contribution in [0.25, 0.3) is 11.4 Å². The maximum absolute atomic E-state index is 5.82. The molecule has 0 saturated heterocycles. The zero-order chi connectivity index (χ0) is 22.0. The first-order chi connectivity index (χ1) is 15.3. The van der Waals surface area contributed by atoms with E-state index in [1.54, 1.807) is 12.4 Å². The van der Waals surface area contributed by atoms with Crippen LogP contribution in [-0.2, 0) is 4.74 Å². The van der Waals surface area contributed by atoms with Crippen molar-refractivity contribution in [3.63, 3.8) is 0 Å². The Bertz CT molecular complexity index is 674. The third-order valence-electron chi connectivity index (χ3n) is 5.06. The van der Waals surface area contributed by atoms with Crippen LogP contribution < -0.4 is 9.47 Å². The Morgan fingerprint density at radius 1 is 0.581 bits per heavy atom. The van der Waals surface area contributed by atoms with Crippen LogP contribution in [0.4, 0.5) is 0 Å². The highest BCUT2D eigenvalue weighted by molar-refractivity contribution is 5.56. The van der Waals surface area contributed by atoms with Gasteiger partial charge in [-0.3, -0.25) is 0 Å². The Morgan fingerprint density at radius 3 is 1.77 bits per heavy atom. The van der Waals surface area contributed by atoms with Gasteiger partial charge in [0.15, 0.2) is 11.6 Å². The molecule has 0 spiro atoms. The lowest BCUT2D eigenvalue weighted by atomic mass is 10.2. The lowest BCUT2D eigenvalue weighted by Crippen LogP contribution is -2.00. The molecule has 2 rings (SSSR count). The van der Waals surface area contributed by atoms with Gasteiger partial charge in [-0.25, -0.2) is 9.97 Å². The molecule has 0 N–H and O–H groups in total. The van der Waals surface area contributed by atoms with Crippen LogP contribution in [-0.4, -0.2) is 36.4 Å². The molecule has 0 unspecified atom stereocenters. The summed E-state index contributed by atoms with van der Waals surface area (Å²) in [5.74, 6) is 2.32. The van der Waals surface area contributed by atoms with Gasteiger partial charge in [-0.15, -0.1) is 0 Å². The third-order valence-corrected chi connectivity index (χ3v) is 5.06. The number of ether oxygens (including phenoxy) is 3. The molecular formula is C26H40N2O3. The lowest BCUT2D eigenvalue weighted by Gasteiger charge is -2.08. The first kappa shape index (κ1) is 25.1. The zero-order valence-electron chi connectivity index (χ0n) is 19.5. The van der Waals surface area contributed by atoms with Gasteiger partial charge < -0.3 is 14.2 Å². The number of hydrogen-bond acceptors (Lipinski definition) is 5. The van der Waals surface area contributed by atoms with Crippen LogP contribution in [0, 0.1) is 0 Å². The Labute approximate surface area is 188 Å². The summed E-state index contributed by atoms with van der Waals surface area (Å²) in [6.07, 6.45) is 15.3. The van der Waals surface area contributed by atoms with E-state index < -0.39 is 0 Å². The van der Waals surface area contributed by atoms with E-state index >= 15 is 0 Å². The number of nitrogens with zero attached hydrogens (tertiary/aromatic N) is 2. The molecule has 0 fully saturated rings. The first-order valence-electron chi connectivity index (χ1n) is 12.1. The van der Waals surface area contributed by atoms with Crippen LogP contribution in [0.5, 0.6) is 11.5 Å². The van der Waals surface area contributed by atoms with Crippen LogP contribution in [0.15, 0.2) is 36.7 Å². The normalized spacial score (nSPS) is 10.9. The Morgan fingerprint density at radius 2 is 1.16 bits per heavy atom. The quantitative estimate of drug-likeness (QED) is 0.243. The van der Waals surface area contributed by atoms with E-state index in [1.807, 2.05) is 24.3 Å². The molecule has 1 aromatic heterocycles. The molecule has 31 heavy (non-hydrogen) atoms. The Balaban J connectivity index is 1.62. The van der Waals surface area contributed by atoms with Crippen molar-refractivity contribution in [3.05, 3.63) is 36.7 Å². The first-order valence-corrected chi connectivity index (χ1v) is 12.1. The molecule has 2 aromatic rings. The lowest BCUT2D eigenvalue weighted by molar-refractivity contribution is 0.130. The number of hydrogen-bond donors (Lipinski definition) is 0. The highest BCUT2D eigenvalue weighted by Gasteiger charge is 2.03. The van der Waals surface area contributed by atoms with Gasteiger partial charge in [0.25, 0.3) is 0 Å². The Kier molecular flexibility index (Phi) is 13.4. The monoisotopic (exact) mass is 428 g/mol. The smallest absolute Gasteiger partial charge is 0.159 e. The summed E-state index contributed by atoms with van der Waals surface area (Å²) in [6.45, 7) is 7.58. The fourth-order valence-corrected chi connectivity index (χ4v) is 3.23. The molecule has 0 aliphatic heterocycles. The standard InChI is InChI=1S/C26H40N2O3/c1-3-5-6-7-11-19-30-24-15-13-23(14-16-24)26-27-21-25(22-28-26)31-20-12-9-8-10-18-29-17-4-2/h13-16,21-22H,3-12,17-20H2,1-2H3. The third kappa shape index (κ3) is 11.2. The molecule has 0 aliphatic carbocycles. The molecule has 0 bridgehead atoms. The highest BCUT2D eigenvalue weighted by Crippen LogP contribution is 2.21. The van der Waals surface area contributed by atoms with Crippen molar-refractivity contribution < 1.29 is 14.2 Å². The van der Waals surface area contributed by atoms with Gasteiger partial charge in [-0.1, -0.05) is 46.0 Å². The minimum Gasteiger partial charge on any atom is -0.494 e. The van der Waals surface area contributed by atoms with Crippen molar-refractivity contribution >= 4 is 0 Å². The van der Waals surface area contributed by atoms with Gasteiger partial charge in [0.2, 0.25) is 0 Å². The van der Waals surface area contributed by atoms with Crippen LogP contribution >= 0.6 is 0 Å². The second kappa shape index (κ2) is 16.5. The highest BCUT2D eigenvalue weighted by atomic mass is 16.5. The second-order valence-corrected chi connectivity index (χ2v) is 7.90. The number of aromatic nitrogens is 2. The molecule has 0 aliphatic rings. The van der Waals surface area contributed by atoms with Crippen molar-refractivity contribution in [3.8, 4) is 22.9 Å². The number of benzene rings is 1. The van der Waals surface area contributed by atoms with Gasteiger partial charge in [0, 0.05) is 18.8 Å². The molecule has 1 heterocycles. The van der Waals surface area contributed by atoms with Gasteiger partial charge >= 0.3 is 0 Å². The average Bonchev–Trinajstić information content (AvgIpc) is 2.81. The van der Waals surface area contributed by atoms with Crippen molar-refractivity contribution in [1.82, 2.24) is 9.97 Å². The van der Waals surface area contributed by atoms with Gasteiger partial charge in [0.05, 0.1) is 25.6 Å². The van der Waals surface area contributed by atoms with E-state index in [2.05, 4.69) is 23.8 Å². The molecule has 5 nitrogen and oxygen atoms in total. The van der Waals surface area contributed by atoms with Crippen molar-refractivity contribution in [2.45, 2.75) is 78.1 Å². The minimum absolute atomic E-state index is 0.697. The van der Waals surface area contributed by atoms with E-state index in [9.17, 15) is 0 Å². The molecule has 172 valence electrons. The van der Waals surface area contributed by atoms with Crippen molar-refractivity contribution in [2.24, 2.45) is 0 Å². The summed E-state index contributed by atoms with van der Waals surface area (Å²) >= 11 is 0. The van der Waals surface area contributed by atoms with E-state index in [4.69, 9.17) is 14.2 Å². The molecule has 5 heteroatoms. The summed E-state index contributed by atoms with van der Waals surface area (Å²) in [6, 6.07) is 7.99. The van der Waals surface area contributed by atoms with E-state index in [0.29, 0.717) is 12.4 Å². The summed E-state index contributed by atoms with van der Waals surface area (Å²) in [5, 5.41) is 0. The zero-order valence-corrected chi connectivity index (χ0v) is 19.5. The van der Waals surface area contributed by atoms with Gasteiger partial charge in [-0.2, -0.15) is 0 Å². The summed E-state index contributed by atoms with van der Waals surface area (Å²) in [7, 11) is 0. The SMILES string of the molecule is CCCCCCCOc1ccc(-c2ncc(OCCCCCCOCCC)cn2)cc1. The molecule has 0 atom stereocenters. The topological polar surface area (TPSA) is 53.5 Å². The molecule has 0 saturated carbocycles. The maximum Gasteiger partial charge on any atom is 0.159 e. The van der Waals surface area contributed by atoms with E-state index in [0.717, 1.165) is 69.0 Å². The summed E-state index contributed by atoms with van der Waals surface area (Å²) < 4.78 is 17.1. The minimum atomic E-state index is 0.697. The largest absolute Gasteiger partial charge is 0.494 e. The number of rotatable bonds is 18. The second-order valence-electron chi connectivity index (χ2n) is 7.90. The average molecular weight is 429 g/mol. The molecule has 0 amide bonds. The van der Waals surface area contributed by atoms with Gasteiger partial charge in [0.1, 0.15) is 5.75 Å². The predicted molar refractivity (Wildman–Crippen MR) is 127 cm³/mol. The summed E-state index contributed by atoms with van der Waals surface area (Å²) in [4.78, 5) is 8.89. The van der Waals surface area contributed by atoms with Crippen LogP contribution in [0.1, 0.15) is 78.1 Å². The van der Waals surface area contributed by atoms with Gasteiger partial charge in [-0.05, 0) is 56.4 Å². The molecule has 1 aromatic carbocycles. The van der Waals surface area contributed by atoms with Crippen LogP contribution in [0.2, 0.25) is 0 Å². The summed E-state index contributed by atoms with van der Waals surface area (Å²) in [5.41, 5.74) is 0.979. The molecular weight excluding hydrogens is 388 g/mol.